The molecule has 25 heavy (non-hydrogen) atoms. The molecule has 0 amide bonds. The van der Waals surface area contributed by atoms with E-state index in [0.717, 1.165) is 17.2 Å². The van der Waals surface area contributed by atoms with Crippen LogP contribution in [0.25, 0.3) is 0 Å². The van der Waals surface area contributed by atoms with Crippen LogP contribution >= 0.6 is 0 Å². The van der Waals surface area contributed by atoms with E-state index in [1.54, 1.807) is 7.11 Å². The predicted molar refractivity (Wildman–Crippen MR) is 93.8 cm³/mol. The highest BCUT2D eigenvalue weighted by atomic mass is 32.2. The lowest BCUT2D eigenvalue weighted by molar-refractivity contribution is -0.384. The number of hydrogen-bond acceptors (Lipinski definition) is 6. The molecule has 0 radical (unpaired) electrons. The molecule has 0 saturated carbocycles. The van der Waals surface area contributed by atoms with E-state index in [2.05, 4.69) is 10.0 Å². The number of ether oxygens (including phenoxy) is 1. The quantitative estimate of drug-likeness (QED) is 0.548. The Balaban J connectivity index is 2.30. The van der Waals surface area contributed by atoms with E-state index in [1.807, 2.05) is 24.3 Å². The Morgan fingerprint density at radius 3 is 2.44 bits per heavy atom. The second-order valence-corrected chi connectivity index (χ2v) is 7.09. The Kier molecular flexibility index (Phi) is 6.07. The van der Waals surface area contributed by atoms with Crippen LogP contribution in [0.5, 0.6) is 0 Å². The largest absolute Gasteiger partial charge is 0.380 e. The maximum Gasteiger partial charge on any atom is 0.293 e. The molecule has 0 bridgehead atoms. The molecule has 0 saturated heterocycles. The van der Waals surface area contributed by atoms with Gasteiger partial charge in [-0.05, 0) is 30.3 Å². The van der Waals surface area contributed by atoms with E-state index in [0.29, 0.717) is 13.2 Å². The van der Waals surface area contributed by atoms with Crippen LogP contribution in [0.3, 0.4) is 0 Å². The summed E-state index contributed by atoms with van der Waals surface area (Å²) in [5, 5.41) is 14.3. The van der Waals surface area contributed by atoms with Gasteiger partial charge >= 0.3 is 0 Å². The van der Waals surface area contributed by atoms with Gasteiger partial charge in [0.15, 0.2) is 0 Å². The minimum atomic E-state index is -3.75. The summed E-state index contributed by atoms with van der Waals surface area (Å²) in [5.41, 5.74) is 1.84. The molecule has 0 aliphatic heterocycles. The SMILES string of the molecule is CNS(=O)(=O)c1ccc(NCc2ccccc2COC)c([N+](=O)[O-])c1. The summed E-state index contributed by atoms with van der Waals surface area (Å²) in [7, 11) is -0.908. The van der Waals surface area contributed by atoms with Gasteiger partial charge in [0.2, 0.25) is 10.0 Å². The van der Waals surface area contributed by atoms with Crippen LogP contribution < -0.4 is 10.0 Å². The molecular formula is C16H19N3O5S. The molecule has 0 aliphatic carbocycles. The molecule has 8 nitrogen and oxygen atoms in total. The maximum absolute atomic E-state index is 11.8. The highest BCUT2D eigenvalue weighted by molar-refractivity contribution is 7.89. The van der Waals surface area contributed by atoms with Gasteiger partial charge in [0.25, 0.3) is 5.69 Å². The smallest absolute Gasteiger partial charge is 0.293 e. The zero-order chi connectivity index (χ0) is 18.4. The second-order valence-electron chi connectivity index (χ2n) is 5.20. The first-order chi connectivity index (χ1) is 11.9. The van der Waals surface area contributed by atoms with Crippen molar-refractivity contribution in [2.45, 2.75) is 18.0 Å². The number of benzene rings is 2. The number of nitrogens with zero attached hydrogens (tertiary/aromatic N) is 1. The van der Waals surface area contributed by atoms with Gasteiger partial charge in [-0.2, -0.15) is 0 Å². The van der Waals surface area contributed by atoms with Crippen molar-refractivity contribution >= 4 is 21.4 Å². The molecule has 134 valence electrons. The van der Waals surface area contributed by atoms with E-state index in [-0.39, 0.29) is 16.3 Å². The Morgan fingerprint density at radius 1 is 1.16 bits per heavy atom. The van der Waals surface area contributed by atoms with Crippen LogP contribution in [-0.4, -0.2) is 27.5 Å². The Labute approximate surface area is 146 Å². The Bertz CT molecular complexity index is 868. The zero-order valence-electron chi connectivity index (χ0n) is 13.9. The standard InChI is InChI=1S/C16H19N3O5S/c1-17-25(22,23)14-7-8-15(16(9-14)19(20)21)18-10-12-5-3-4-6-13(12)11-24-2/h3-9,17-18H,10-11H2,1-2H3. The number of nitro benzene ring substituents is 1. The highest BCUT2D eigenvalue weighted by Crippen LogP contribution is 2.28. The number of sulfonamides is 1. The minimum absolute atomic E-state index is 0.160. The van der Waals surface area contributed by atoms with Gasteiger partial charge in [0.05, 0.1) is 16.4 Å². The number of nitro groups is 1. The van der Waals surface area contributed by atoms with Gasteiger partial charge in [-0.3, -0.25) is 10.1 Å². The van der Waals surface area contributed by atoms with Crippen molar-refractivity contribution in [1.29, 1.82) is 0 Å². The second kappa shape index (κ2) is 8.06. The third-order valence-electron chi connectivity index (χ3n) is 3.63. The lowest BCUT2D eigenvalue weighted by Crippen LogP contribution is -2.18. The fourth-order valence-corrected chi connectivity index (χ4v) is 3.06. The molecular weight excluding hydrogens is 346 g/mol. The molecule has 0 atom stereocenters. The van der Waals surface area contributed by atoms with Crippen molar-refractivity contribution in [3.05, 3.63) is 63.7 Å². The first-order valence-electron chi connectivity index (χ1n) is 7.40. The van der Waals surface area contributed by atoms with Crippen molar-refractivity contribution in [3.63, 3.8) is 0 Å². The number of methoxy groups -OCH3 is 1. The van der Waals surface area contributed by atoms with Gasteiger partial charge in [-0.25, -0.2) is 13.1 Å². The van der Waals surface area contributed by atoms with Crippen molar-refractivity contribution < 1.29 is 18.1 Å². The van der Waals surface area contributed by atoms with Crippen LogP contribution in [0, 0.1) is 10.1 Å². The fourth-order valence-electron chi connectivity index (χ4n) is 2.31. The van der Waals surface area contributed by atoms with Crippen LogP contribution in [-0.2, 0) is 27.9 Å². The third-order valence-corrected chi connectivity index (χ3v) is 5.04. The molecule has 0 unspecified atom stereocenters. The van der Waals surface area contributed by atoms with Crippen molar-refractivity contribution in [2.75, 3.05) is 19.5 Å². The average Bonchev–Trinajstić information content (AvgIpc) is 2.61. The van der Waals surface area contributed by atoms with E-state index in [9.17, 15) is 18.5 Å². The normalized spacial score (nSPS) is 11.3. The molecule has 0 heterocycles. The van der Waals surface area contributed by atoms with Crippen LogP contribution in [0.4, 0.5) is 11.4 Å². The topological polar surface area (TPSA) is 111 Å². The highest BCUT2D eigenvalue weighted by Gasteiger charge is 2.20. The first kappa shape index (κ1) is 18.8. The van der Waals surface area contributed by atoms with E-state index < -0.39 is 14.9 Å². The van der Waals surface area contributed by atoms with Crippen LogP contribution in [0.15, 0.2) is 47.4 Å². The molecule has 0 aliphatic rings. The summed E-state index contributed by atoms with van der Waals surface area (Å²) in [6.45, 7) is 0.776. The summed E-state index contributed by atoms with van der Waals surface area (Å²) >= 11 is 0. The summed E-state index contributed by atoms with van der Waals surface area (Å²) in [6, 6.07) is 11.3. The Morgan fingerprint density at radius 2 is 1.84 bits per heavy atom. The van der Waals surface area contributed by atoms with Crippen molar-refractivity contribution in [2.24, 2.45) is 0 Å². The summed E-state index contributed by atoms with van der Waals surface area (Å²) in [6.07, 6.45) is 0. The molecule has 0 spiro atoms. The van der Waals surface area contributed by atoms with Gasteiger partial charge in [0, 0.05) is 19.7 Å². The first-order valence-corrected chi connectivity index (χ1v) is 8.89. The Hall–Kier alpha value is -2.49. The third kappa shape index (κ3) is 4.53. The van der Waals surface area contributed by atoms with Crippen LogP contribution in [0.2, 0.25) is 0 Å². The van der Waals surface area contributed by atoms with E-state index in [1.165, 1.54) is 19.2 Å². The van der Waals surface area contributed by atoms with E-state index in [4.69, 9.17) is 4.74 Å². The summed E-state index contributed by atoms with van der Waals surface area (Å²) in [5.74, 6) is 0. The molecule has 2 aromatic carbocycles. The lowest BCUT2D eigenvalue weighted by atomic mass is 10.1. The molecule has 0 aromatic heterocycles. The lowest BCUT2D eigenvalue weighted by Gasteiger charge is -2.12. The molecule has 2 N–H and O–H groups in total. The summed E-state index contributed by atoms with van der Waals surface area (Å²) in [4.78, 5) is 10.5. The van der Waals surface area contributed by atoms with Crippen LogP contribution in [0.1, 0.15) is 11.1 Å². The number of nitrogens with one attached hydrogen (secondary N) is 2. The molecule has 0 fully saturated rings. The van der Waals surface area contributed by atoms with Gasteiger partial charge in [-0.1, -0.05) is 24.3 Å². The van der Waals surface area contributed by atoms with Gasteiger partial charge < -0.3 is 10.1 Å². The maximum atomic E-state index is 11.8. The minimum Gasteiger partial charge on any atom is -0.380 e. The molecule has 9 heteroatoms. The van der Waals surface area contributed by atoms with Gasteiger partial charge in [0.1, 0.15) is 5.69 Å². The molecule has 2 rings (SSSR count). The monoisotopic (exact) mass is 365 g/mol. The summed E-state index contributed by atoms with van der Waals surface area (Å²) < 4.78 is 30.9. The molecule has 2 aromatic rings. The van der Waals surface area contributed by atoms with Crippen molar-refractivity contribution in [1.82, 2.24) is 4.72 Å². The zero-order valence-corrected chi connectivity index (χ0v) is 14.7. The average molecular weight is 365 g/mol. The predicted octanol–water partition coefficient (Wildman–Crippen LogP) is 2.26. The van der Waals surface area contributed by atoms with Gasteiger partial charge in [-0.15, -0.1) is 0 Å². The number of rotatable bonds is 8. The van der Waals surface area contributed by atoms with E-state index >= 15 is 0 Å². The fraction of sp³-hybridized carbons (Fsp3) is 0.250. The number of anilines is 1. The number of hydrogen-bond donors (Lipinski definition) is 2. The van der Waals surface area contributed by atoms with Crippen molar-refractivity contribution in [3.8, 4) is 0 Å².